The predicted molar refractivity (Wildman–Crippen MR) is 136 cm³/mol. The van der Waals surface area contributed by atoms with Gasteiger partial charge >= 0.3 is 0 Å². The molecule has 1 aromatic carbocycles. The summed E-state index contributed by atoms with van der Waals surface area (Å²) in [6.45, 7) is 7.83. The number of Topliss-reactive ketones (excluding diaryl/α,β-unsaturated/α-hetero) is 1. The van der Waals surface area contributed by atoms with Gasteiger partial charge in [0.2, 0.25) is 5.91 Å². The average molecular weight is 470 g/mol. The molecule has 2 heterocycles. The lowest BCUT2D eigenvalue weighted by Gasteiger charge is -2.36. The number of piperidine rings is 1. The highest BCUT2D eigenvalue weighted by Crippen LogP contribution is 2.28. The quantitative estimate of drug-likeness (QED) is 0.643. The summed E-state index contributed by atoms with van der Waals surface area (Å²) in [7, 11) is 0. The van der Waals surface area contributed by atoms with Crippen molar-refractivity contribution in [2.45, 2.75) is 77.6 Å². The third-order valence-electron chi connectivity index (χ3n) is 7.27. The van der Waals surface area contributed by atoms with Crippen LogP contribution in [-0.4, -0.2) is 66.7 Å². The molecular weight excluding hydrogens is 426 g/mol. The Bertz CT molecular complexity index is 803. The summed E-state index contributed by atoms with van der Waals surface area (Å²) in [6, 6.07) is 7.59. The van der Waals surface area contributed by atoms with E-state index in [-0.39, 0.29) is 36.0 Å². The Balaban J connectivity index is 0.000000469. The summed E-state index contributed by atoms with van der Waals surface area (Å²) >= 11 is 0. The fourth-order valence-corrected chi connectivity index (χ4v) is 4.77. The SMILES string of the molecule is C1CCCCC1.CC(C)C(=O)CNC(=O)c1cccc(C2CCCN(C(=O)CN3CCC3)C2)c1. The second-order valence-electron chi connectivity index (χ2n) is 10.4. The van der Waals surface area contributed by atoms with Gasteiger partial charge in [-0.3, -0.25) is 19.3 Å². The van der Waals surface area contributed by atoms with E-state index in [1.54, 1.807) is 6.07 Å². The fourth-order valence-electron chi connectivity index (χ4n) is 4.77. The second-order valence-corrected chi connectivity index (χ2v) is 10.4. The van der Waals surface area contributed by atoms with Crippen LogP contribution in [0.3, 0.4) is 0 Å². The molecule has 3 fully saturated rings. The summed E-state index contributed by atoms with van der Waals surface area (Å²) in [5, 5.41) is 2.71. The van der Waals surface area contributed by atoms with Crippen molar-refractivity contribution in [2.24, 2.45) is 5.92 Å². The standard InChI is InChI=1S/C22H31N3O3.C6H12/c1-16(2)20(26)13-23-22(28)18-7-3-6-17(12-18)19-8-4-11-25(14-19)21(27)15-24-9-5-10-24;1-2-4-6-5-3-1/h3,6-7,12,16,19H,4-5,8-11,13-15H2,1-2H3,(H,23,28);1-6H2. The monoisotopic (exact) mass is 469 g/mol. The van der Waals surface area contributed by atoms with Crippen LogP contribution in [0, 0.1) is 5.92 Å². The van der Waals surface area contributed by atoms with Crippen LogP contribution < -0.4 is 5.32 Å². The van der Waals surface area contributed by atoms with Crippen LogP contribution in [0.15, 0.2) is 24.3 Å². The zero-order chi connectivity index (χ0) is 24.3. The molecule has 1 aromatic rings. The number of nitrogens with zero attached hydrogens (tertiary/aromatic N) is 2. The third kappa shape index (κ3) is 8.23. The van der Waals surface area contributed by atoms with E-state index in [1.807, 2.05) is 36.9 Å². The number of amides is 2. The van der Waals surface area contributed by atoms with Gasteiger partial charge in [0.15, 0.2) is 5.78 Å². The molecule has 2 saturated heterocycles. The van der Waals surface area contributed by atoms with Gasteiger partial charge in [0.25, 0.3) is 5.91 Å². The predicted octanol–water partition coefficient (Wildman–Crippen LogP) is 4.39. The van der Waals surface area contributed by atoms with Crippen LogP contribution in [0.2, 0.25) is 0 Å². The molecule has 0 spiro atoms. The molecule has 188 valence electrons. The maximum atomic E-state index is 12.5. The third-order valence-corrected chi connectivity index (χ3v) is 7.27. The number of carbonyl (C=O) groups excluding carboxylic acids is 3. The highest BCUT2D eigenvalue weighted by atomic mass is 16.2. The Hall–Kier alpha value is -2.21. The molecule has 0 bridgehead atoms. The molecule has 1 N–H and O–H groups in total. The van der Waals surface area contributed by atoms with E-state index in [0.29, 0.717) is 18.7 Å². The molecule has 0 aromatic heterocycles. The Morgan fingerprint density at radius 3 is 2.21 bits per heavy atom. The molecule has 2 aliphatic heterocycles. The first-order chi connectivity index (χ1) is 16.4. The van der Waals surface area contributed by atoms with E-state index in [1.165, 1.54) is 44.9 Å². The number of rotatable bonds is 7. The minimum atomic E-state index is -0.225. The Morgan fingerprint density at radius 2 is 1.62 bits per heavy atom. The van der Waals surface area contributed by atoms with E-state index >= 15 is 0 Å². The average Bonchev–Trinajstić information content (AvgIpc) is 2.86. The van der Waals surface area contributed by atoms with Crippen molar-refractivity contribution in [3.8, 4) is 0 Å². The smallest absolute Gasteiger partial charge is 0.251 e. The number of nitrogens with one attached hydrogen (secondary N) is 1. The maximum Gasteiger partial charge on any atom is 0.251 e. The van der Waals surface area contributed by atoms with E-state index in [2.05, 4.69) is 10.2 Å². The van der Waals surface area contributed by atoms with Gasteiger partial charge in [-0.1, -0.05) is 64.5 Å². The Labute approximate surface area is 205 Å². The van der Waals surface area contributed by atoms with E-state index in [0.717, 1.165) is 38.0 Å². The van der Waals surface area contributed by atoms with Gasteiger partial charge in [0.05, 0.1) is 13.1 Å². The van der Waals surface area contributed by atoms with Gasteiger partial charge < -0.3 is 10.2 Å². The lowest BCUT2D eigenvalue weighted by Crippen LogP contribution is -2.48. The molecule has 1 atom stereocenters. The summed E-state index contributed by atoms with van der Waals surface area (Å²) in [4.78, 5) is 40.9. The van der Waals surface area contributed by atoms with Gasteiger partial charge in [0.1, 0.15) is 0 Å². The van der Waals surface area contributed by atoms with E-state index in [9.17, 15) is 14.4 Å². The molecule has 3 aliphatic rings. The number of benzene rings is 1. The molecule has 0 radical (unpaired) electrons. The normalized spacial score (nSPS) is 20.7. The van der Waals surface area contributed by atoms with Crippen molar-refractivity contribution in [1.29, 1.82) is 0 Å². The highest BCUT2D eigenvalue weighted by molar-refractivity contribution is 5.97. The van der Waals surface area contributed by atoms with Crippen molar-refractivity contribution < 1.29 is 14.4 Å². The number of hydrogen-bond acceptors (Lipinski definition) is 4. The molecule has 6 heteroatoms. The zero-order valence-electron chi connectivity index (χ0n) is 21.2. The first-order valence-corrected chi connectivity index (χ1v) is 13.3. The largest absolute Gasteiger partial charge is 0.345 e. The van der Waals surface area contributed by atoms with Gasteiger partial charge in [-0.25, -0.2) is 0 Å². The number of hydrogen-bond donors (Lipinski definition) is 1. The van der Waals surface area contributed by atoms with Gasteiger partial charge in [-0.2, -0.15) is 0 Å². The minimum absolute atomic E-state index is 0.0214. The second kappa shape index (κ2) is 13.6. The summed E-state index contributed by atoms with van der Waals surface area (Å²) in [5.41, 5.74) is 1.65. The lowest BCUT2D eigenvalue weighted by molar-refractivity contribution is -0.134. The first-order valence-electron chi connectivity index (χ1n) is 13.3. The molecule has 6 nitrogen and oxygen atoms in total. The van der Waals surface area contributed by atoms with Crippen molar-refractivity contribution in [3.05, 3.63) is 35.4 Å². The Kier molecular flexibility index (Phi) is 10.6. The van der Waals surface area contributed by atoms with Crippen LogP contribution in [0.5, 0.6) is 0 Å². The molecule has 2 amide bonds. The number of carbonyl (C=O) groups is 3. The molecule has 1 unspecified atom stereocenters. The number of ketones is 1. The molecular formula is C28H43N3O3. The summed E-state index contributed by atoms with van der Waals surface area (Å²) in [6.07, 6.45) is 12.2. The summed E-state index contributed by atoms with van der Waals surface area (Å²) in [5.74, 6) is 0.170. The van der Waals surface area contributed by atoms with E-state index < -0.39 is 0 Å². The van der Waals surface area contributed by atoms with Crippen LogP contribution in [0.1, 0.15) is 93.5 Å². The topological polar surface area (TPSA) is 69.7 Å². The van der Waals surface area contributed by atoms with Crippen LogP contribution in [-0.2, 0) is 9.59 Å². The minimum Gasteiger partial charge on any atom is -0.345 e. The van der Waals surface area contributed by atoms with Crippen LogP contribution >= 0.6 is 0 Å². The number of likely N-dealkylation sites (tertiary alicyclic amines) is 2. The molecule has 1 aliphatic carbocycles. The van der Waals surface area contributed by atoms with Crippen molar-refractivity contribution in [3.63, 3.8) is 0 Å². The fraction of sp³-hybridized carbons (Fsp3) is 0.679. The van der Waals surface area contributed by atoms with Crippen molar-refractivity contribution in [1.82, 2.24) is 15.1 Å². The molecule has 4 rings (SSSR count). The maximum absolute atomic E-state index is 12.5. The summed E-state index contributed by atoms with van der Waals surface area (Å²) < 4.78 is 0. The van der Waals surface area contributed by atoms with Crippen LogP contribution in [0.4, 0.5) is 0 Å². The van der Waals surface area contributed by atoms with Crippen molar-refractivity contribution >= 4 is 17.6 Å². The molecule has 34 heavy (non-hydrogen) atoms. The highest BCUT2D eigenvalue weighted by Gasteiger charge is 2.27. The van der Waals surface area contributed by atoms with Crippen LogP contribution in [0.25, 0.3) is 0 Å². The first kappa shape index (κ1) is 26.4. The van der Waals surface area contributed by atoms with Gasteiger partial charge in [0, 0.05) is 30.5 Å². The Morgan fingerprint density at radius 1 is 0.941 bits per heavy atom. The van der Waals surface area contributed by atoms with Gasteiger partial charge in [-0.15, -0.1) is 0 Å². The zero-order valence-corrected chi connectivity index (χ0v) is 21.2. The van der Waals surface area contributed by atoms with E-state index in [4.69, 9.17) is 0 Å². The lowest BCUT2D eigenvalue weighted by atomic mass is 9.89. The molecule has 1 saturated carbocycles. The van der Waals surface area contributed by atoms with Crippen molar-refractivity contribution in [2.75, 3.05) is 39.3 Å². The van der Waals surface area contributed by atoms with Gasteiger partial charge in [-0.05, 0) is 50.0 Å².